The molecule has 10 nitrogen and oxygen atoms in total. The molecule has 0 spiro atoms. The number of imide groups is 1. The maximum Gasteiger partial charge on any atom is 0.435 e. The standard InChI is InChI=1S/C20H33N3O7/c1-12(24)13-11-14(21-23(13)17(27)30-20(8,9)10)22(15(25)28-18(2,3)4)16(26)29-19(5,6)7/h11-12,24H,1-10H3. The van der Waals surface area contributed by atoms with E-state index in [-0.39, 0.29) is 11.5 Å². The van der Waals surface area contributed by atoms with Crippen molar-refractivity contribution in [3.05, 3.63) is 11.8 Å². The Morgan fingerprint density at radius 1 is 0.900 bits per heavy atom. The molecule has 10 heteroatoms. The average Bonchev–Trinajstić information content (AvgIpc) is 2.86. The zero-order valence-electron chi connectivity index (χ0n) is 19.4. The summed E-state index contributed by atoms with van der Waals surface area (Å²) in [5.74, 6) is -0.250. The molecule has 1 rings (SSSR count). The van der Waals surface area contributed by atoms with Gasteiger partial charge in [-0.05, 0) is 69.2 Å². The van der Waals surface area contributed by atoms with Crippen molar-refractivity contribution in [2.24, 2.45) is 0 Å². The second-order valence-corrected chi connectivity index (χ2v) is 9.79. The number of aromatic nitrogens is 2. The van der Waals surface area contributed by atoms with Gasteiger partial charge in [-0.15, -0.1) is 5.10 Å². The first-order valence-electron chi connectivity index (χ1n) is 9.58. The Morgan fingerprint density at radius 2 is 1.30 bits per heavy atom. The van der Waals surface area contributed by atoms with E-state index in [9.17, 15) is 19.5 Å². The molecule has 0 aliphatic carbocycles. The van der Waals surface area contributed by atoms with Gasteiger partial charge in [0, 0.05) is 6.07 Å². The van der Waals surface area contributed by atoms with E-state index >= 15 is 0 Å². The van der Waals surface area contributed by atoms with Gasteiger partial charge in [0.05, 0.1) is 11.8 Å². The van der Waals surface area contributed by atoms with Crippen LogP contribution in [0.25, 0.3) is 0 Å². The molecule has 0 radical (unpaired) electrons. The topological polar surface area (TPSA) is 120 Å². The summed E-state index contributed by atoms with van der Waals surface area (Å²) >= 11 is 0. The molecule has 0 saturated heterocycles. The number of hydrogen-bond acceptors (Lipinski definition) is 8. The number of hydrogen-bond donors (Lipinski definition) is 1. The maximum absolute atomic E-state index is 12.8. The molecular weight excluding hydrogens is 394 g/mol. The molecule has 1 N–H and O–H groups in total. The number of aliphatic hydroxyl groups excluding tert-OH is 1. The molecule has 0 aliphatic rings. The molecule has 0 bridgehead atoms. The van der Waals surface area contributed by atoms with Gasteiger partial charge in [-0.25, -0.2) is 14.4 Å². The van der Waals surface area contributed by atoms with Crippen LogP contribution in [-0.2, 0) is 14.2 Å². The number of ether oxygens (including phenoxy) is 3. The van der Waals surface area contributed by atoms with E-state index in [1.54, 1.807) is 62.3 Å². The van der Waals surface area contributed by atoms with Crippen molar-refractivity contribution in [1.29, 1.82) is 0 Å². The van der Waals surface area contributed by atoms with E-state index in [1.165, 1.54) is 13.0 Å². The second kappa shape index (κ2) is 8.63. The highest BCUT2D eigenvalue weighted by atomic mass is 16.6. The number of anilines is 1. The number of rotatable bonds is 2. The third-order valence-corrected chi connectivity index (χ3v) is 3.10. The van der Waals surface area contributed by atoms with Gasteiger partial charge < -0.3 is 19.3 Å². The van der Waals surface area contributed by atoms with Crippen molar-refractivity contribution in [2.75, 3.05) is 4.90 Å². The molecule has 1 unspecified atom stereocenters. The molecule has 30 heavy (non-hydrogen) atoms. The quantitative estimate of drug-likeness (QED) is 0.690. The summed E-state index contributed by atoms with van der Waals surface area (Å²) in [5.41, 5.74) is -2.61. The fourth-order valence-corrected chi connectivity index (χ4v) is 2.12. The Hall–Kier alpha value is -2.62. The third-order valence-electron chi connectivity index (χ3n) is 3.10. The summed E-state index contributed by atoms with van der Waals surface area (Å²) in [7, 11) is 0. The number of amides is 2. The summed E-state index contributed by atoms with van der Waals surface area (Å²) in [5, 5.41) is 14.1. The first-order valence-corrected chi connectivity index (χ1v) is 9.58. The van der Waals surface area contributed by atoms with Crippen LogP contribution in [0.5, 0.6) is 0 Å². The first kappa shape index (κ1) is 25.4. The van der Waals surface area contributed by atoms with Gasteiger partial charge in [0.15, 0.2) is 5.82 Å². The highest BCUT2D eigenvalue weighted by Crippen LogP contribution is 2.25. The fraction of sp³-hybridized carbons (Fsp3) is 0.700. The van der Waals surface area contributed by atoms with Crippen LogP contribution < -0.4 is 4.90 Å². The first-order chi connectivity index (χ1) is 13.3. The predicted molar refractivity (Wildman–Crippen MR) is 109 cm³/mol. The SMILES string of the molecule is CC(O)c1cc(N(C(=O)OC(C)(C)C)C(=O)OC(C)(C)C)nn1C(=O)OC(C)(C)C. The van der Waals surface area contributed by atoms with Crippen molar-refractivity contribution in [2.45, 2.75) is 92.1 Å². The van der Waals surface area contributed by atoms with Crippen LogP contribution in [0.1, 0.15) is 81.0 Å². The molecule has 1 aromatic heterocycles. The van der Waals surface area contributed by atoms with Crippen molar-refractivity contribution in [3.8, 4) is 0 Å². The van der Waals surface area contributed by atoms with E-state index in [2.05, 4.69) is 5.10 Å². The number of carbonyl (C=O) groups is 3. The van der Waals surface area contributed by atoms with Gasteiger partial charge in [-0.1, -0.05) is 0 Å². The van der Waals surface area contributed by atoms with Crippen LogP contribution >= 0.6 is 0 Å². The van der Waals surface area contributed by atoms with E-state index in [0.29, 0.717) is 4.90 Å². The number of nitrogens with zero attached hydrogens (tertiary/aromatic N) is 3. The summed E-state index contributed by atoms with van der Waals surface area (Å²) < 4.78 is 16.7. The van der Waals surface area contributed by atoms with Crippen LogP contribution in [0.3, 0.4) is 0 Å². The minimum Gasteiger partial charge on any atom is -0.443 e. The third kappa shape index (κ3) is 7.66. The fourth-order valence-electron chi connectivity index (χ4n) is 2.12. The zero-order chi connectivity index (χ0) is 23.7. The number of carbonyl (C=O) groups excluding carboxylic acids is 3. The van der Waals surface area contributed by atoms with Crippen molar-refractivity contribution >= 4 is 24.1 Å². The van der Waals surface area contributed by atoms with Crippen LogP contribution in [0.4, 0.5) is 20.2 Å². The molecule has 2 amide bonds. The summed E-state index contributed by atoms with van der Waals surface area (Å²) in [6.07, 6.45) is -4.10. The van der Waals surface area contributed by atoms with E-state index in [4.69, 9.17) is 14.2 Å². The van der Waals surface area contributed by atoms with Crippen LogP contribution in [0, 0.1) is 0 Å². The smallest absolute Gasteiger partial charge is 0.435 e. The molecule has 0 fully saturated rings. The second-order valence-electron chi connectivity index (χ2n) is 9.79. The van der Waals surface area contributed by atoms with Crippen LogP contribution in [0.15, 0.2) is 6.07 Å². The van der Waals surface area contributed by atoms with Crippen LogP contribution in [-0.4, -0.2) is 50.0 Å². The lowest BCUT2D eigenvalue weighted by molar-refractivity contribution is 0.0418. The zero-order valence-corrected chi connectivity index (χ0v) is 19.4. The Labute approximate surface area is 177 Å². The monoisotopic (exact) mass is 427 g/mol. The lowest BCUT2D eigenvalue weighted by atomic mass is 10.2. The van der Waals surface area contributed by atoms with Crippen LogP contribution in [0.2, 0.25) is 0 Å². The van der Waals surface area contributed by atoms with Gasteiger partial charge in [0.25, 0.3) is 0 Å². The predicted octanol–water partition coefficient (Wildman–Crippen LogP) is 4.40. The summed E-state index contributed by atoms with van der Waals surface area (Å²) in [4.78, 5) is 38.6. The van der Waals surface area contributed by atoms with Crippen molar-refractivity contribution in [3.63, 3.8) is 0 Å². The Kier molecular flexibility index (Phi) is 7.31. The molecule has 0 aromatic carbocycles. The molecule has 1 aromatic rings. The Morgan fingerprint density at radius 3 is 1.63 bits per heavy atom. The largest absolute Gasteiger partial charge is 0.443 e. The van der Waals surface area contributed by atoms with E-state index < -0.39 is 41.2 Å². The van der Waals surface area contributed by atoms with Crippen molar-refractivity contribution in [1.82, 2.24) is 9.78 Å². The molecule has 1 heterocycles. The molecule has 1 atom stereocenters. The van der Waals surface area contributed by atoms with Gasteiger partial charge in [-0.3, -0.25) is 0 Å². The summed E-state index contributed by atoms with van der Waals surface area (Å²) in [6, 6.07) is 1.22. The average molecular weight is 427 g/mol. The lowest BCUT2D eigenvalue weighted by Gasteiger charge is -2.27. The Bertz CT molecular complexity index is 765. The van der Waals surface area contributed by atoms with E-state index in [0.717, 1.165) is 4.68 Å². The normalized spacial score (nSPS) is 13.4. The van der Waals surface area contributed by atoms with Crippen molar-refractivity contribution < 1.29 is 33.7 Å². The van der Waals surface area contributed by atoms with Gasteiger partial charge in [-0.2, -0.15) is 9.58 Å². The molecular formula is C20H33N3O7. The maximum atomic E-state index is 12.8. The molecule has 170 valence electrons. The van der Waals surface area contributed by atoms with E-state index in [1.807, 2.05) is 0 Å². The molecule has 0 aliphatic heterocycles. The minimum atomic E-state index is -1.14. The minimum absolute atomic E-state index is 0.0244. The molecule has 0 saturated carbocycles. The highest BCUT2D eigenvalue weighted by Gasteiger charge is 2.36. The lowest BCUT2D eigenvalue weighted by Crippen LogP contribution is -2.44. The highest BCUT2D eigenvalue weighted by molar-refractivity contribution is 6.08. The number of aliphatic hydroxyl groups is 1. The van der Waals surface area contributed by atoms with Gasteiger partial charge in [0.2, 0.25) is 0 Å². The summed E-state index contributed by atoms with van der Waals surface area (Å²) in [6.45, 7) is 16.3. The van der Waals surface area contributed by atoms with Gasteiger partial charge in [0.1, 0.15) is 16.8 Å². The Balaban J connectivity index is 3.48. The van der Waals surface area contributed by atoms with Gasteiger partial charge >= 0.3 is 18.3 Å².